The first kappa shape index (κ1) is 67.7. The maximum Gasteiger partial charge on any atom is 1.00 e. The Bertz CT molecular complexity index is 2610. The largest absolute Gasteiger partial charge is 1.00 e. The van der Waals surface area contributed by atoms with Gasteiger partial charge in [0.25, 0.3) is 0 Å². The van der Waals surface area contributed by atoms with E-state index in [9.17, 15) is 14.4 Å². The Morgan fingerprint density at radius 1 is 0.699 bits per heavy atom. The molecule has 2 atom stereocenters. The molecule has 13 nitrogen and oxygen atoms in total. The number of carbonyl (C=O) groups excluding carboxylic acids is 4. The molecule has 2 aromatic heterocycles. The van der Waals surface area contributed by atoms with Gasteiger partial charge in [-0.1, -0.05) is 93.9 Å². The number of piperazine rings is 2. The molecule has 4 aromatic carbocycles. The number of halogens is 8. The summed E-state index contributed by atoms with van der Waals surface area (Å²) in [4.78, 5) is 53.8. The molecule has 2 fully saturated rings. The Balaban J connectivity index is 0.000000527. The molecule has 0 spiro atoms. The normalized spacial score (nSPS) is 14.4. The van der Waals surface area contributed by atoms with Gasteiger partial charge in [0.05, 0.1) is 39.2 Å². The van der Waals surface area contributed by atoms with E-state index in [2.05, 4.69) is 105 Å². The molecule has 2 aliphatic heterocycles. The molecule has 73 heavy (non-hydrogen) atoms. The predicted molar refractivity (Wildman–Crippen MR) is 297 cm³/mol. The number of ether oxygens (including phenoxy) is 1. The average Bonchev–Trinajstić information content (AvgIpc) is 3.34. The van der Waals surface area contributed by atoms with Crippen LogP contribution in [0.2, 0.25) is 30.1 Å². The van der Waals surface area contributed by atoms with Crippen LogP contribution in [0.4, 0.5) is 11.4 Å². The number of aromatic nitrogens is 2. The summed E-state index contributed by atoms with van der Waals surface area (Å²) in [7, 11) is 3.25. The number of aldehydes is 1. The van der Waals surface area contributed by atoms with E-state index in [1.165, 1.54) is 38.2 Å². The van der Waals surface area contributed by atoms with Crippen molar-refractivity contribution in [3.63, 3.8) is 0 Å². The second kappa shape index (κ2) is 36.6. The van der Waals surface area contributed by atoms with Crippen LogP contribution >= 0.6 is 101 Å². The number of hydrogen-bond donors (Lipinski definition) is 1. The number of anilines is 2. The molecule has 0 aliphatic carbocycles. The van der Waals surface area contributed by atoms with E-state index < -0.39 is 11.9 Å². The van der Waals surface area contributed by atoms with E-state index in [0.29, 0.717) is 32.1 Å². The first-order chi connectivity index (χ1) is 34.0. The molecule has 2 aliphatic rings. The van der Waals surface area contributed by atoms with E-state index in [1.807, 2.05) is 60.8 Å². The minimum atomic E-state index is -0.562. The first-order valence-electron chi connectivity index (χ1n) is 21.3. The molecule has 2 saturated heterocycles. The molecule has 8 rings (SSSR count). The molecule has 3 N–H and O–H groups in total. The number of nitrogens with zero attached hydrogens (tertiary/aromatic N) is 5. The molecule has 0 saturated carbocycles. The number of rotatable bonds is 7. The fraction of sp³-hybridized carbons (Fsp3) is 0.240. The maximum atomic E-state index is 10.0. The van der Waals surface area contributed by atoms with Crippen molar-refractivity contribution in [1.29, 1.82) is 0 Å². The van der Waals surface area contributed by atoms with Gasteiger partial charge in [0, 0.05) is 101 Å². The number of hydrogen-bond acceptors (Lipinski definition) is 12. The van der Waals surface area contributed by atoms with Crippen LogP contribution in [0.1, 0.15) is 60.2 Å². The topological polar surface area (TPSA) is 174 Å². The zero-order chi connectivity index (χ0) is 52.5. The Hall–Kier alpha value is -3.30. The van der Waals surface area contributed by atoms with Crippen LogP contribution in [0.3, 0.4) is 0 Å². The van der Waals surface area contributed by atoms with Crippen molar-refractivity contribution >= 4 is 145 Å². The van der Waals surface area contributed by atoms with Crippen molar-refractivity contribution in [3.8, 4) is 0 Å². The van der Waals surface area contributed by atoms with E-state index in [4.69, 9.17) is 79.1 Å². The molecule has 0 amide bonds. The van der Waals surface area contributed by atoms with Gasteiger partial charge in [0.15, 0.2) is 6.29 Å². The third-order valence-electron chi connectivity index (χ3n) is 9.99. The number of nitrogens with one attached hydrogen (secondary N) is 1. The van der Waals surface area contributed by atoms with Gasteiger partial charge in [0.2, 0.25) is 0 Å². The summed E-state index contributed by atoms with van der Waals surface area (Å²) < 4.78 is 13.6. The Labute approximate surface area is 495 Å². The second-order valence-corrected chi connectivity index (χ2v) is 19.3. The molecule has 6 aromatic rings. The standard InChI is InChI=1S/C22H19BrCl3N3.C16H15Cl3N2.C6H4BrNO.C4H6O3.C2H3O.BO.Na.H2O/c23-16-3-7-19(27-12-16)13-28-9-10-29(21-8-6-18(25)11-20(21)26)22(14-28)15-1-4-17(24)5-2-15;17-12-3-1-11(2-4-12)16-10-20-7-8-21(16)15-6-5-13(18)9-14(15)19;7-5-1-2-6(4-9)8-3-5;1-3(5)7-4(2)6;1-2-3;1-2;;/h1-8,11-12,22H,9-10,13-14H2;1-6,9,16,20H,7-8,10H2;1-4H;1-2H3;1H3;;;1H2/q;;;;-1;;+1;/t22-;16-;;;;;;/m00....../s1. The Morgan fingerprint density at radius 2 is 1.15 bits per heavy atom. The van der Waals surface area contributed by atoms with Gasteiger partial charge in [-0.25, -0.2) is 0 Å². The summed E-state index contributed by atoms with van der Waals surface area (Å²) >= 11 is 43.8. The zero-order valence-corrected chi connectivity index (χ0v) is 49.7. The minimum Gasteiger partial charge on any atom is 1.00 e. The third-order valence-corrected chi connectivity index (χ3v) is 12.5. The van der Waals surface area contributed by atoms with Crippen LogP contribution in [-0.2, 0) is 30.4 Å². The van der Waals surface area contributed by atoms with Crippen LogP contribution < -0.4 is 44.7 Å². The van der Waals surface area contributed by atoms with Gasteiger partial charge in [0.1, 0.15) is 5.69 Å². The van der Waals surface area contributed by atoms with Gasteiger partial charge in [-0.05, 0) is 128 Å². The fourth-order valence-electron chi connectivity index (χ4n) is 7.03. The monoisotopic (exact) mass is 1250 g/mol. The quantitative estimate of drug-likeness (QED) is 0.0529. The summed E-state index contributed by atoms with van der Waals surface area (Å²) in [6.07, 6.45) is 5.64. The molecule has 4 heterocycles. The van der Waals surface area contributed by atoms with Gasteiger partial charge >= 0.3 is 53.9 Å². The van der Waals surface area contributed by atoms with Gasteiger partial charge in [-0.2, -0.15) is 6.92 Å². The number of esters is 2. The SMILES string of the molecule is CC(=O)OC(C)=O.C[C-]=O.Clc1ccc([C@@H]2CN(Cc3ccc(Br)cn3)CCN2c2ccc(Cl)cc2Cl)cc1.Clc1ccc([C@@H]2CNCCN2c2ccc(Cl)cc2Cl)cc1.O.O=Cc1ccc(Br)cn1.[B]=O.[Na+]. The van der Waals surface area contributed by atoms with Crippen molar-refractivity contribution in [2.24, 2.45) is 0 Å². The van der Waals surface area contributed by atoms with Crippen molar-refractivity contribution in [2.45, 2.75) is 39.4 Å². The molecular formula is C50H49BBr2Cl6N6NaO7. The molecule has 381 valence electrons. The molecule has 0 bridgehead atoms. The average molecular weight is 1250 g/mol. The van der Waals surface area contributed by atoms with E-state index in [0.717, 1.165) is 81.9 Å². The van der Waals surface area contributed by atoms with Gasteiger partial charge in [-0.3, -0.25) is 35.5 Å². The summed E-state index contributed by atoms with van der Waals surface area (Å²) in [5, 5.41) is 7.56. The Kier molecular flexibility index (Phi) is 34.0. The molecular weight excluding hydrogens is 1200 g/mol. The summed E-state index contributed by atoms with van der Waals surface area (Å²) in [6.45, 7) is 9.82. The fourth-order valence-corrected chi connectivity index (χ4v) is 8.79. The number of pyridine rings is 2. The van der Waals surface area contributed by atoms with Crippen LogP contribution in [0, 0.1) is 0 Å². The minimum absolute atomic E-state index is 0. The summed E-state index contributed by atoms with van der Waals surface area (Å²) in [5.41, 5.74) is 5.95. The van der Waals surface area contributed by atoms with Crippen molar-refractivity contribution < 1.29 is 63.7 Å². The smallest absolute Gasteiger partial charge is 1.00 e. The van der Waals surface area contributed by atoms with Crippen molar-refractivity contribution in [2.75, 3.05) is 49.1 Å². The van der Waals surface area contributed by atoms with Crippen molar-refractivity contribution in [3.05, 3.63) is 183 Å². The van der Waals surface area contributed by atoms with Crippen LogP contribution in [0.15, 0.2) is 131 Å². The first-order valence-corrected chi connectivity index (χ1v) is 25.1. The zero-order valence-electron chi connectivity index (χ0n) is 40.0. The number of benzene rings is 4. The summed E-state index contributed by atoms with van der Waals surface area (Å²) in [6, 6.07) is 35.3. The van der Waals surface area contributed by atoms with Crippen LogP contribution in [0.5, 0.6) is 0 Å². The van der Waals surface area contributed by atoms with Gasteiger partial charge < -0.3 is 30.1 Å². The second-order valence-electron chi connectivity index (χ2n) is 14.9. The maximum absolute atomic E-state index is 10.0. The molecule has 23 heteroatoms. The van der Waals surface area contributed by atoms with Crippen LogP contribution in [0.25, 0.3) is 0 Å². The molecule has 0 unspecified atom stereocenters. The van der Waals surface area contributed by atoms with E-state index in [-0.39, 0.29) is 47.1 Å². The van der Waals surface area contributed by atoms with E-state index in [1.54, 1.807) is 30.5 Å². The number of carbonyl (C=O) groups is 3. The Morgan fingerprint density at radius 3 is 1.56 bits per heavy atom. The van der Waals surface area contributed by atoms with Crippen LogP contribution in [-0.4, -0.2) is 91.8 Å². The van der Waals surface area contributed by atoms with Gasteiger partial charge in [-0.15, -0.1) is 0 Å². The molecule has 1 radical (unpaired) electrons. The third kappa shape index (κ3) is 24.1. The van der Waals surface area contributed by atoms with Crippen molar-refractivity contribution in [1.82, 2.24) is 20.2 Å². The predicted octanol–water partition coefficient (Wildman–Crippen LogP) is 9.21. The summed E-state index contributed by atoms with van der Waals surface area (Å²) in [5.74, 6) is -1.12. The van der Waals surface area contributed by atoms with E-state index >= 15 is 0 Å².